The fourth-order valence-corrected chi connectivity index (χ4v) is 3.75. The van der Waals surface area contributed by atoms with Gasteiger partial charge in [0.1, 0.15) is 11.4 Å². The summed E-state index contributed by atoms with van der Waals surface area (Å²) in [6.45, 7) is 0. The number of carbonyl (C=O) groups excluding carboxylic acids is 2. The first-order valence-corrected chi connectivity index (χ1v) is 6.99. The molecule has 114 valence electrons. The number of phenolic OH excluding ortho intramolecular Hbond substituents is 1. The molecule has 22 heavy (non-hydrogen) atoms. The maximum Gasteiger partial charge on any atom is 0.271 e. The van der Waals surface area contributed by atoms with Crippen LogP contribution in [0.1, 0.15) is 12.8 Å². The predicted octanol–water partition coefficient (Wildman–Crippen LogP) is 0.967. The molecule has 4 rings (SSSR count). The Balaban J connectivity index is 1.78. The number of ether oxygens (including phenoxy) is 1. The Morgan fingerprint density at radius 2 is 1.77 bits per heavy atom. The first-order valence-electron chi connectivity index (χ1n) is 6.99. The minimum atomic E-state index is -0.637. The van der Waals surface area contributed by atoms with Crippen LogP contribution in [-0.4, -0.2) is 34.1 Å². The molecule has 2 amide bonds. The molecule has 3 fully saturated rings. The number of nitrogens with zero attached hydrogens (tertiary/aromatic N) is 2. The zero-order valence-electron chi connectivity index (χ0n) is 11.3. The fourth-order valence-electron chi connectivity index (χ4n) is 3.75. The number of hydrogen-bond donors (Lipinski definition) is 1. The zero-order chi connectivity index (χ0) is 15.6. The molecule has 0 unspecified atom stereocenters. The van der Waals surface area contributed by atoms with Crippen molar-refractivity contribution in [2.24, 2.45) is 11.8 Å². The maximum absolute atomic E-state index is 12.6. The van der Waals surface area contributed by atoms with Crippen LogP contribution < -0.4 is 4.90 Å². The van der Waals surface area contributed by atoms with Crippen molar-refractivity contribution in [2.45, 2.75) is 25.0 Å². The van der Waals surface area contributed by atoms with E-state index in [-0.39, 0.29) is 29.3 Å². The van der Waals surface area contributed by atoms with E-state index < -0.39 is 28.6 Å². The van der Waals surface area contributed by atoms with Gasteiger partial charge < -0.3 is 9.84 Å². The van der Waals surface area contributed by atoms with E-state index >= 15 is 0 Å². The number of carbonyl (C=O) groups is 2. The summed E-state index contributed by atoms with van der Waals surface area (Å²) >= 11 is 0. The van der Waals surface area contributed by atoms with Crippen LogP contribution >= 0.6 is 0 Å². The number of phenols is 1. The summed E-state index contributed by atoms with van der Waals surface area (Å²) in [6.07, 6.45) is 0.939. The van der Waals surface area contributed by atoms with Crippen molar-refractivity contribution < 1.29 is 24.4 Å². The number of nitro groups is 1. The second kappa shape index (κ2) is 4.26. The number of rotatable bonds is 2. The molecule has 0 aromatic heterocycles. The van der Waals surface area contributed by atoms with Crippen molar-refractivity contribution in [3.05, 3.63) is 28.3 Å². The average Bonchev–Trinajstić information content (AvgIpc) is 3.14. The molecule has 3 saturated heterocycles. The molecule has 0 radical (unpaired) electrons. The van der Waals surface area contributed by atoms with Gasteiger partial charge in [0.15, 0.2) is 0 Å². The minimum absolute atomic E-state index is 0.127. The number of amides is 2. The lowest BCUT2D eigenvalue weighted by atomic mass is 9.81. The van der Waals surface area contributed by atoms with E-state index in [1.807, 2.05) is 0 Å². The molecule has 1 aromatic carbocycles. The van der Waals surface area contributed by atoms with Gasteiger partial charge in [0.05, 0.1) is 29.0 Å². The molecule has 0 aliphatic carbocycles. The van der Waals surface area contributed by atoms with Crippen molar-refractivity contribution in [1.29, 1.82) is 0 Å². The molecule has 3 aliphatic rings. The largest absolute Gasteiger partial charge is 0.506 e. The van der Waals surface area contributed by atoms with Crippen molar-refractivity contribution in [3.8, 4) is 5.75 Å². The third-order valence-electron chi connectivity index (χ3n) is 4.70. The summed E-state index contributed by atoms with van der Waals surface area (Å²) in [7, 11) is 0. The van der Waals surface area contributed by atoms with Gasteiger partial charge in [-0.05, 0) is 18.9 Å². The van der Waals surface area contributed by atoms with Crippen LogP contribution in [0.2, 0.25) is 0 Å². The van der Waals surface area contributed by atoms with Crippen LogP contribution in [0.15, 0.2) is 18.2 Å². The van der Waals surface area contributed by atoms with E-state index in [4.69, 9.17) is 4.74 Å². The van der Waals surface area contributed by atoms with Gasteiger partial charge in [-0.3, -0.25) is 19.7 Å². The number of non-ortho nitro benzene ring substituents is 1. The van der Waals surface area contributed by atoms with Gasteiger partial charge in [0.25, 0.3) is 5.69 Å². The van der Waals surface area contributed by atoms with Gasteiger partial charge in [-0.25, -0.2) is 4.90 Å². The van der Waals surface area contributed by atoms with Gasteiger partial charge >= 0.3 is 0 Å². The maximum atomic E-state index is 12.6. The molecule has 1 N–H and O–H groups in total. The number of anilines is 1. The molecule has 8 heteroatoms. The van der Waals surface area contributed by atoms with Crippen LogP contribution in [0.25, 0.3) is 0 Å². The number of fused-ring (bicyclic) bond motifs is 5. The number of hydrogen-bond acceptors (Lipinski definition) is 6. The van der Waals surface area contributed by atoms with E-state index in [1.165, 1.54) is 0 Å². The Kier molecular flexibility index (Phi) is 2.56. The van der Waals surface area contributed by atoms with Crippen LogP contribution in [-0.2, 0) is 14.3 Å². The van der Waals surface area contributed by atoms with E-state index in [2.05, 4.69) is 0 Å². The van der Waals surface area contributed by atoms with Crippen LogP contribution in [0.4, 0.5) is 11.4 Å². The number of benzene rings is 1. The monoisotopic (exact) mass is 304 g/mol. The van der Waals surface area contributed by atoms with Crippen molar-refractivity contribution in [3.63, 3.8) is 0 Å². The molecule has 0 spiro atoms. The fraction of sp³-hybridized carbons (Fsp3) is 0.429. The Morgan fingerprint density at radius 1 is 1.18 bits per heavy atom. The highest BCUT2D eigenvalue weighted by Gasteiger charge is 2.62. The van der Waals surface area contributed by atoms with Gasteiger partial charge in [-0.2, -0.15) is 0 Å². The predicted molar refractivity (Wildman–Crippen MR) is 72.1 cm³/mol. The third-order valence-corrected chi connectivity index (χ3v) is 4.70. The van der Waals surface area contributed by atoms with Crippen LogP contribution in [0, 0.1) is 22.0 Å². The molecule has 3 aliphatic heterocycles. The standard InChI is InChI=1S/C14H12N2O6/c17-8-2-1-6(16(20)21)5-7(8)15-13(18)11-9-3-4-10(22-9)12(11)14(15)19/h1-2,5,9-12,17H,3-4H2/t9-,10-,11-,12-/m1/s1. The van der Waals surface area contributed by atoms with Crippen LogP contribution in [0.3, 0.4) is 0 Å². The van der Waals surface area contributed by atoms with Gasteiger partial charge in [0.2, 0.25) is 11.8 Å². The number of aromatic hydroxyl groups is 1. The topological polar surface area (TPSA) is 110 Å². The molecule has 0 saturated carbocycles. The van der Waals surface area contributed by atoms with Crippen molar-refractivity contribution in [1.82, 2.24) is 0 Å². The lowest BCUT2D eigenvalue weighted by Crippen LogP contribution is -2.34. The second-order valence-electron chi connectivity index (χ2n) is 5.78. The molecule has 3 heterocycles. The summed E-state index contributed by atoms with van der Waals surface area (Å²) in [5.41, 5.74) is -0.414. The summed E-state index contributed by atoms with van der Waals surface area (Å²) in [6, 6.07) is 3.29. The SMILES string of the molecule is O=C1[C@H]2[C@H](C(=O)N1c1cc([N+](=O)[O-])ccc1O)[C@H]1CC[C@H]2O1. The number of imide groups is 1. The molecule has 8 nitrogen and oxygen atoms in total. The quantitative estimate of drug-likeness (QED) is 0.495. The highest BCUT2D eigenvalue weighted by molar-refractivity contribution is 6.23. The van der Waals surface area contributed by atoms with Crippen molar-refractivity contribution in [2.75, 3.05) is 4.90 Å². The highest BCUT2D eigenvalue weighted by Crippen LogP contribution is 2.50. The normalized spacial score (nSPS) is 32.6. The average molecular weight is 304 g/mol. The van der Waals surface area contributed by atoms with Gasteiger partial charge in [0, 0.05) is 12.1 Å². The minimum Gasteiger partial charge on any atom is -0.506 e. The molecule has 2 bridgehead atoms. The summed E-state index contributed by atoms with van der Waals surface area (Å²) in [4.78, 5) is 36.2. The first kappa shape index (κ1) is 13.2. The lowest BCUT2D eigenvalue weighted by molar-refractivity contribution is -0.384. The van der Waals surface area contributed by atoms with E-state index in [1.54, 1.807) is 0 Å². The van der Waals surface area contributed by atoms with Crippen LogP contribution in [0.5, 0.6) is 5.75 Å². The third kappa shape index (κ3) is 1.55. The number of nitro benzene ring substituents is 1. The summed E-state index contributed by atoms with van der Waals surface area (Å²) in [5, 5.41) is 20.8. The Bertz CT molecular complexity index is 689. The molecular formula is C14H12N2O6. The smallest absolute Gasteiger partial charge is 0.271 e. The summed E-state index contributed by atoms with van der Waals surface area (Å²) in [5.74, 6) is -2.30. The Labute approximate surface area is 124 Å². The highest BCUT2D eigenvalue weighted by atomic mass is 16.6. The first-order chi connectivity index (χ1) is 10.5. The molecule has 1 aromatic rings. The molecule has 4 atom stereocenters. The van der Waals surface area contributed by atoms with Gasteiger partial charge in [-0.1, -0.05) is 0 Å². The van der Waals surface area contributed by atoms with E-state index in [0.29, 0.717) is 0 Å². The lowest BCUT2D eigenvalue weighted by Gasteiger charge is -2.18. The van der Waals surface area contributed by atoms with Gasteiger partial charge in [-0.15, -0.1) is 0 Å². The summed E-state index contributed by atoms with van der Waals surface area (Å²) < 4.78 is 5.62. The molecular weight excluding hydrogens is 292 g/mol. The van der Waals surface area contributed by atoms with E-state index in [0.717, 1.165) is 35.9 Å². The van der Waals surface area contributed by atoms with E-state index in [9.17, 15) is 24.8 Å². The Morgan fingerprint density at radius 3 is 2.32 bits per heavy atom. The second-order valence-corrected chi connectivity index (χ2v) is 5.78. The zero-order valence-corrected chi connectivity index (χ0v) is 11.3. The Hall–Kier alpha value is -2.48. The van der Waals surface area contributed by atoms with Crippen molar-refractivity contribution >= 4 is 23.2 Å².